The molecule has 0 spiro atoms. The molecular weight excluding hydrogens is 482 g/mol. The van der Waals surface area contributed by atoms with Gasteiger partial charge >= 0.3 is 12.1 Å². The van der Waals surface area contributed by atoms with E-state index < -0.39 is 36.2 Å². The third kappa shape index (κ3) is 5.10. The molecule has 12 heteroatoms. The Labute approximate surface area is 201 Å². The van der Waals surface area contributed by atoms with E-state index in [9.17, 15) is 27.2 Å². The first kappa shape index (κ1) is 24.6. The molecule has 0 unspecified atom stereocenters. The number of amides is 1. The molecule has 8 nitrogen and oxygen atoms in total. The molecule has 2 heterocycles. The fourth-order valence-electron chi connectivity index (χ4n) is 3.53. The lowest BCUT2D eigenvalue weighted by Gasteiger charge is -2.16. The number of alkyl halides is 3. The minimum Gasteiger partial charge on any atom is -0.415 e. The van der Waals surface area contributed by atoms with Gasteiger partial charge in [0.2, 0.25) is 5.89 Å². The van der Waals surface area contributed by atoms with Crippen molar-refractivity contribution in [2.24, 2.45) is 0 Å². The highest BCUT2D eigenvalue weighted by molar-refractivity contribution is 5.94. The van der Waals surface area contributed by atoms with Crippen LogP contribution >= 0.6 is 0 Å². The van der Waals surface area contributed by atoms with Gasteiger partial charge in [0.1, 0.15) is 5.82 Å². The number of nitrogens with zero attached hydrogens (tertiary/aromatic N) is 4. The van der Waals surface area contributed by atoms with Crippen molar-refractivity contribution in [1.29, 1.82) is 0 Å². The van der Waals surface area contributed by atoms with Crippen molar-refractivity contribution in [3.05, 3.63) is 86.7 Å². The highest BCUT2D eigenvalue weighted by Crippen LogP contribution is 2.28. The van der Waals surface area contributed by atoms with Crippen LogP contribution in [-0.4, -0.2) is 38.2 Å². The van der Waals surface area contributed by atoms with E-state index in [4.69, 9.17) is 0 Å². The molecule has 0 radical (unpaired) electrons. The van der Waals surface area contributed by atoms with Gasteiger partial charge in [-0.1, -0.05) is 12.0 Å². The van der Waals surface area contributed by atoms with Gasteiger partial charge in [-0.2, -0.15) is 18.3 Å². The van der Waals surface area contributed by atoms with E-state index in [0.29, 0.717) is 27.6 Å². The maximum atomic E-state index is 14.5. The van der Waals surface area contributed by atoms with E-state index in [1.54, 1.807) is 25.1 Å². The van der Waals surface area contributed by atoms with Gasteiger partial charge in [0.05, 0.1) is 23.2 Å². The molecule has 0 saturated heterocycles. The number of halogens is 4. The smallest absolute Gasteiger partial charge is 0.415 e. The zero-order valence-electron chi connectivity index (χ0n) is 18.9. The number of aromatic amines is 1. The third-order valence-electron chi connectivity index (χ3n) is 5.20. The number of carbonyl (C=O) groups excluding carboxylic acids is 1. The molecule has 0 saturated carbocycles. The van der Waals surface area contributed by atoms with Gasteiger partial charge in [0.15, 0.2) is 0 Å². The van der Waals surface area contributed by atoms with Gasteiger partial charge in [0.25, 0.3) is 11.5 Å². The molecule has 0 aliphatic rings. The molecule has 184 valence electrons. The molecule has 4 rings (SSSR count). The summed E-state index contributed by atoms with van der Waals surface area (Å²) in [6.07, 6.45) is -4.67. The number of hydrogen-bond donors (Lipinski definition) is 1. The second-order valence-electron chi connectivity index (χ2n) is 7.79. The highest BCUT2D eigenvalue weighted by Gasteiger charge is 2.38. The summed E-state index contributed by atoms with van der Waals surface area (Å²) >= 11 is 0. The highest BCUT2D eigenvalue weighted by atomic mass is 19.4. The monoisotopic (exact) mass is 499 g/mol. The Bertz CT molecular complexity index is 1580. The average Bonchev–Trinajstić information content (AvgIpc) is 3.31. The van der Waals surface area contributed by atoms with Crippen LogP contribution in [0.5, 0.6) is 0 Å². The lowest BCUT2D eigenvalue weighted by atomic mass is 10.0. The van der Waals surface area contributed by atoms with Gasteiger partial charge in [-0.3, -0.25) is 9.59 Å². The molecule has 0 bridgehead atoms. The summed E-state index contributed by atoms with van der Waals surface area (Å²) in [7, 11) is 1.26. The fraction of sp³-hybridized carbons (Fsp3) is 0.208. The molecule has 0 atom stereocenters. The Morgan fingerprint density at radius 3 is 2.61 bits per heavy atom. The summed E-state index contributed by atoms with van der Waals surface area (Å²) in [6.45, 7) is 1.22. The van der Waals surface area contributed by atoms with Crippen molar-refractivity contribution in [2.75, 3.05) is 7.05 Å². The number of aromatic nitrogens is 4. The predicted molar refractivity (Wildman–Crippen MR) is 119 cm³/mol. The number of rotatable bonds is 5. The van der Waals surface area contributed by atoms with Crippen LogP contribution in [0.2, 0.25) is 0 Å². The van der Waals surface area contributed by atoms with Gasteiger partial charge in [-0.15, -0.1) is 16.1 Å². The summed E-state index contributed by atoms with van der Waals surface area (Å²) < 4.78 is 57.1. The first-order valence-corrected chi connectivity index (χ1v) is 10.4. The number of carbonyl (C=O) groups is 1. The van der Waals surface area contributed by atoms with E-state index in [1.807, 2.05) is 0 Å². The molecule has 1 amide bonds. The van der Waals surface area contributed by atoms with Crippen molar-refractivity contribution in [3.63, 3.8) is 0 Å². The predicted octanol–water partition coefficient (Wildman–Crippen LogP) is 3.70. The Kier molecular flexibility index (Phi) is 6.57. The number of fused-ring (bicyclic) bond motifs is 1. The van der Waals surface area contributed by atoms with E-state index in [1.165, 1.54) is 19.2 Å². The normalized spacial score (nSPS) is 11.3. The largest absolute Gasteiger partial charge is 0.470 e. The minimum atomic E-state index is -4.82. The van der Waals surface area contributed by atoms with Crippen molar-refractivity contribution in [2.45, 2.75) is 26.1 Å². The number of hydrogen-bond acceptors (Lipinski definition) is 6. The topological polar surface area (TPSA) is 105 Å². The molecule has 4 aromatic rings. The lowest BCUT2D eigenvalue weighted by molar-refractivity contribution is -0.157. The van der Waals surface area contributed by atoms with Crippen molar-refractivity contribution in [3.8, 4) is 11.8 Å². The maximum Gasteiger partial charge on any atom is 0.470 e. The summed E-state index contributed by atoms with van der Waals surface area (Å²) in [5.41, 5.74) is 0.990. The van der Waals surface area contributed by atoms with Crippen molar-refractivity contribution < 1.29 is 26.8 Å². The number of benzene rings is 2. The molecule has 2 aromatic heterocycles. The zero-order valence-corrected chi connectivity index (χ0v) is 18.9. The summed E-state index contributed by atoms with van der Waals surface area (Å²) in [4.78, 5) is 26.0. The lowest BCUT2D eigenvalue weighted by Crippen LogP contribution is -2.27. The second-order valence-corrected chi connectivity index (χ2v) is 7.79. The fourth-order valence-corrected chi connectivity index (χ4v) is 3.53. The molecule has 1 N–H and O–H groups in total. The van der Waals surface area contributed by atoms with E-state index >= 15 is 0 Å². The molecule has 36 heavy (non-hydrogen) atoms. The first-order chi connectivity index (χ1) is 17.1. The van der Waals surface area contributed by atoms with Crippen LogP contribution in [0.25, 0.3) is 10.8 Å². The summed E-state index contributed by atoms with van der Waals surface area (Å²) in [6, 6.07) is 8.96. The Morgan fingerprint density at radius 1 is 1.14 bits per heavy atom. The van der Waals surface area contributed by atoms with Gasteiger partial charge in [-0.05, 0) is 42.8 Å². The van der Waals surface area contributed by atoms with E-state index in [-0.39, 0.29) is 17.5 Å². The van der Waals surface area contributed by atoms with Crippen LogP contribution in [0.1, 0.15) is 45.9 Å². The summed E-state index contributed by atoms with van der Waals surface area (Å²) in [5.74, 6) is 2.08. The van der Waals surface area contributed by atoms with Crippen LogP contribution in [0.3, 0.4) is 0 Å². The van der Waals surface area contributed by atoms with Crippen LogP contribution in [0.15, 0.2) is 45.6 Å². The quantitative estimate of drug-likeness (QED) is 0.332. The molecule has 2 aromatic carbocycles. The second kappa shape index (κ2) is 9.61. The molecule has 0 aliphatic heterocycles. The standard InChI is InChI=1S/C24H17F4N5O3/c1-3-4-13-5-7-15-16(9-13)19(29-31-21(15)34)11-14-6-8-18(25)17(10-14)22(35)33(2)12-20-30-32-23(36-20)24(26,27)28/h5-10H,11-12H2,1-2H3,(H,31,34). The van der Waals surface area contributed by atoms with Gasteiger partial charge in [0, 0.05) is 24.4 Å². The van der Waals surface area contributed by atoms with Crippen LogP contribution in [0, 0.1) is 17.7 Å². The van der Waals surface area contributed by atoms with Crippen molar-refractivity contribution >= 4 is 16.7 Å². The third-order valence-corrected chi connectivity index (χ3v) is 5.20. The number of nitrogens with one attached hydrogen (secondary N) is 1. The van der Waals surface area contributed by atoms with Gasteiger partial charge < -0.3 is 9.32 Å². The van der Waals surface area contributed by atoms with E-state index in [0.717, 1.165) is 11.0 Å². The van der Waals surface area contributed by atoms with Gasteiger partial charge in [-0.25, -0.2) is 9.49 Å². The van der Waals surface area contributed by atoms with Crippen LogP contribution < -0.4 is 5.56 Å². The molecule has 0 fully saturated rings. The minimum absolute atomic E-state index is 0.152. The maximum absolute atomic E-state index is 14.5. The Balaban J connectivity index is 1.61. The van der Waals surface area contributed by atoms with Crippen molar-refractivity contribution in [1.82, 2.24) is 25.3 Å². The summed E-state index contributed by atoms with van der Waals surface area (Å²) in [5, 5.41) is 13.7. The number of H-pyrrole nitrogens is 1. The van der Waals surface area contributed by atoms with Crippen LogP contribution in [-0.2, 0) is 19.1 Å². The molecule has 0 aliphatic carbocycles. The Morgan fingerprint density at radius 2 is 1.92 bits per heavy atom. The zero-order chi connectivity index (χ0) is 26.0. The van der Waals surface area contributed by atoms with E-state index in [2.05, 4.69) is 36.7 Å². The average molecular weight is 499 g/mol. The first-order valence-electron chi connectivity index (χ1n) is 10.4. The Hall–Kier alpha value is -4.53. The molecular formula is C24H17F4N5O3. The van der Waals surface area contributed by atoms with Crippen LogP contribution in [0.4, 0.5) is 17.6 Å². The SMILES string of the molecule is CC#Cc1ccc2c(=O)[nH]nc(Cc3ccc(F)c(C(=O)N(C)Cc4nnc(C(F)(F)F)o4)c3)c2c1.